The number of fused-ring (bicyclic) bond motifs is 1. The first-order valence-corrected chi connectivity index (χ1v) is 9.54. The van der Waals surface area contributed by atoms with Gasteiger partial charge in [0.1, 0.15) is 16.8 Å². The zero-order valence-electron chi connectivity index (χ0n) is 15.6. The van der Waals surface area contributed by atoms with E-state index in [0.717, 1.165) is 23.3 Å². The first kappa shape index (κ1) is 17.0. The van der Waals surface area contributed by atoms with Gasteiger partial charge in [-0.3, -0.25) is 4.79 Å². The molecule has 0 unspecified atom stereocenters. The quantitative estimate of drug-likeness (QED) is 0.654. The Kier molecular flexibility index (Phi) is 4.11. The highest BCUT2D eigenvalue weighted by Gasteiger charge is 2.34. The number of carbonyl (C=O) groups is 1. The predicted octanol–water partition coefficient (Wildman–Crippen LogP) is 2.34. The molecule has 1 atom stereocenters. The molecule has 1 aromatic carbocycles. The fourth-order valence-corrected chi connectivity index (χ4v) is 3.37. The maximum absolute atomic E-state index is 12.8. The van der Waals surface area contributed by atoms with E-state index in [1.165, 1.54) is 17.6 Å². The van der Waals surface area contributed by atoms with Gasteiger partial charge in [-0.1, -0.05) is 0 Å². The first-order valence-electron chi connectivity index (χ1n) is 9.54. The van der Waals surface area contributed by atoms with E-state index >= 15 is 0 Å². The molecule has 3 heterocycles. The molecular formula is C20H21N5O3. The third-order valence-corrected chi connectivity index (χ3v) is 5.08. The number of carbonyl (C=O) groups excluding carboxylic acids is 1. The van der Waals surface area contributed by atoms with Crippen LogP contribution in [0.3, 0.4) is 0 Å². The van der Waals surface area contributed by atoms with Crippen LogP contribution in [0, 0.1) is 5.92 Å². The third kappa shape index (κ3) is 3.37. The van der Waals surface area contributed by atoms with Gasteiger partial charge >= 0.3 is 0 Å². The topological polar surface area (TPSA) is 82.4 Å². The summed E-state index contributed by atoms with van der Waals surface area (Å²) in [6.45, 7) is 1.32. The number of ether oxygens (including phenoxy) is 2. The molecule has 0 radical (unpaired) electrons. The average Bonchev–Trinajstić information content (AvgIpc) is 3.36. The minimum atomic E-state index is -0.516. The Morgan fingerprint density at radius 2 is 1.96 bits per heavy atom. The van der Waals surface area contributed by atoms with Gasteiger partial charge < -0.3 is 14.4 Å². The fourth-order valence-electron chi connectivity index (χ4n) is 3.37. The summed E-state index contributed by atoms with van der Waals surface area (Å²) in [5.41, 5.74) is 2.38. The third-order valence-electron chi connectivity index (χ3n) is 5.08. The van der Waals surface area contributed by atoms with Gasteiger partial charge in [-0.05, 0) is 43.0 Å². The van der Waals surface area contributed by atoms with Gasteiger partial charge in [0, 0.05) is 31.8 Å². The van der Waals surface area contributed by atoms with Crippen molar-refractivity contribution >= 4 is 22.6 Å². The Bertz CT molecular complexity index is 1010. The summed E-state index contributed by atoms with van der Waals surface area (Å²) < 4.78 is 11.5. The van der Waals surface area contributed by atoms with Gasteiger partial charge in [0.2, 0.25) is 5.88 Å². The zero-order valence-corrected chi connectivity index (χ0v) is 15.6. The van der Waals surface area contributed by atoms with Gasteiger partial charge in [0.25, 0.3) is 5.91 Å². The summed E-state index contributed by atoms with van der Waals surface area (Å²) in [5.74, 6) is 1.79. The normalized spacial score (nSPS) is 19.4. The minimum absolute atomic E-state index is 0.0581. The van der Waals surface area contributed by atoms with E-state index in [4.69, 9.17) is 9.47 Å². The molecule has 2 aliphatic rings. The monoisotopic (exact) mass is 379 g/mol. The number of rotatable bonds is 6. The highest BCUT2D eigenvalue weighted by molar-refractivity contribution is 6.00. The number of amides is 1. The van der Waals surface area contributed by atoms with Crippen molar-refractivity contribution in [1.29, 1.82) is 0 Å². The summed E-state index contributed by atoms with van der Waals surface area (Å²) in [7, 11) is 1.78. The molecule has 28 heavy (non-hydrogen) atoms. The van der Waals surface area contributed by atoms with Crippen LogP contribution in [0.1, 0.15) is 19.3 Å². The molecule has 0 bridgehead atoms. The van der Waals surface area contributed by atoms with E-state index in [2.05, 4.69) is 15.2 Å². The lowest BCUT2D eigenvalue weighted by molar-refractivity contribution is -0.122. The van der Waals surface area contributed by atoms with Crippen LogP contribution in [-0.2, 0) is 11.8 Å². The number of aromatic nitrogens is 4. The van der Waals surface area contributed by atoms with Gasteiger partial charge in [0.05, 0.1) is 12.8 Å². The van der Waals surface area contributed by atoms with E-state index in [9.17, 15) is 4.79 Å². The number of pyridine rings is 1. The van der Waals surface area contributed by atoms with E-state index in [1.54, 1.807) is 30.3 Å². The van der Waals surface area contributed by atoms with E-state index < -0.39 is 6.10 Å². The molecule has 144 valence electrons. The smallest absolute Gasteiger partial charge is 0.268 e. The van der Waals surface area contributed by atoms with Crippen LogP contribution in [0.2, 0.25) is 0 Å². The van der Waals surface area contributed by atoms with Gasteiger partial charge in [-0.2, -0.15) is 15.0 Å². The number of nitrogens with zero attached hydrogens (tertiary/aromatic N) is 5. The van der Waals surface area contributed by atoms with Crippen LogP contribution in [0.5, 0.6) is 11.6 Å². The number of hydrogen-bond donors (Lipinski definition) is 0. The average molecular weight is 379 g/mol. The van der Waals surface area contributed by atoms with E-state index in [1.807, 2.05) is 18.2 Å². The van der Waals surface area contributed by atoms with Gasteiger partial charge in [-0.25, -0.2) is 4.98 Å². The molecule has 1 aliphatic heterocycles. The lowest BCUT2D eigenvalue weighted by Crippen LogP contribution is -2.32. The van der Waals surface area contributed by atoms with Crippen molar-refractivity contribution in [3.05, 3.63) is 36.5 Å². The van der Waals surface area contributed by atoms with E-state index in [-0.39, 0.29) is 5.91 Å². The summed E-state index contributed by atoms with van der Waals surface area (Å²) in [5, 5.41) is 8.58. The molecule has 1 saturated heterocycles. The lowest BCUT2D eigenvalue weighted by Gasteiger charge is -2.17. The molecule has 1 amide bonds. The predicted molar refractivity (Wildman–Crippen MR) is 102 cm³/mol. The molecule has 5 rings (SSSR count). The van der Waals surface area contributed by atoms with Crippen molar-refractivity contribution in [1.82, 2.24) is 20.0 Å². The number of aryl methyl sites for hydroxylation is 1. The van der Waals surface area contributed by atoms with Gasteiger partial charge in [0.15, 0.2) is 6.10 Å². The van der Waals surface area contributed by atoms with Crippen molar-refractivity contribution in [2.75, 3.05) is 18.1 Å². The highest BCUT2D eigenvalue weighted by Crippen LogP contribution is 2.30. The Balaban J connectivity index is 1.24. The lowest BCUT2D eigenvalue weighted by atomic mass is 10.2. The number of benzene rings is 1. The second-order valence-electron chi connectivity index (χ2n) is 7.33. The SMILES string of the molecule is Cn1nc2ccc(N3CC[C@@H](Oc4ccc(OCC5CC5)nc4)C3=O)cc2n1. The summed E-state index contributed by atoms with van der Waals surface area (Å²) in [4.78, 5) is 20.3. The van der Waals surface area contributed by atoms with Crippen LogP contribution < -0.4 is 14.4 Å². The second kappa shape index (κ2) is 6.78. The van der Waals surface area contributed by atoms with Crippen LogP contribution in [0.4, 0.5) is 5.69 Å². The molecule has 0 N–H and O–H groups in total. The Hall–Kier alpha value is -3.16. The Labute approximate surface area is 162 Å². The zero-order chi connectivity index (χ0) is 19.1. The number of hydrogen-bond acceptors (Lipinski definition) is 6. The Morgan fingerprint density at radius 1 is 1.11 bits per heavy atom. The number of anilines is 1. The van der Waals surface area contributed by atoms with Gasteiger partial charge in [-0.15, -0.1) is 0 Å². The van der Waals surface area contributed by atoms with Crippen molar-refractivity contribution in [2.24, 2.45) is 13.0 Å². The van der Waals surface area contributed by atoms with Crippen molar-refractivity contribution in [3.8, 4) is 11.6 Å². The first-order chi connectivity index (χ1) is 13.7. The maximum Gasteiger partial charge on any atom is 0.268 e. The molecule has 3 aromatic rings. The van der Waals surface area contributed by atoms with Crippen LogP contribution >= 0.6 is 0 Å². The Morgan fingerprint density at radius 3 is 2.75 bits per heavy atom. The minimum Gasteiger partial charge on any atom is -0.479 e. The molecule has 1 aliphatic carbocycles. The molecule has 8 nitrogen and oxygen atoms in total. The van der Waals surface area contributed by atoms with E-state index in [0.29, 0.717) is 30.5 Å². The molecule has 2 aromatic heterocycles. The van der Waals surface area contributed by atoms with Crippen LogP contribution in [0.25, 0.3) is 11.0 Å². The molecule has 1 saturated carbocycles. The van der Waals surface area contributed by atoms with Crippen molar-refractivity contribution < 1.29 is 14.3 Å². The highest BCUT2D eigenvalue weighted by atomic mass is 16.5. The fraction of sp³-hybridized carbons (Fsp3) is 0.400. The molecule has 8 heteroatoms. The summed E-state index contributed by atoms with van der Waals surface area (Å²) in [6.07, 6.45) is 4.20. The van der Waals surface area contributed by atoms with Crippen LogP contribution in [-0.4, -0.2) is 45.1 Å². The second-order valence-corrected chi connectivity index (χ2v) is 7.33. The summed E-state index contributed by atoms with van der Waals surface area (Å²) in [6, 6.07) is 9.25. The van der Waals surface area contributed by atoms with Crippen LogP contribution in [0.15, 0.2) is 36.5 Å². The van der Waals surface area contributed by atoms with Crippen molar-refractivity contribution in [3.63, 3.8) is 0 Å². The maximum atomic E-state index is 12.8. The molecular weight excluding hydrogens is 358 g/mol. The molecule has 2 fully saturated rings. The molecule has 0 spiro atoms. The largest absolute Gasteiger partial charge is 0.479 e. The summed E-state index contributed by atoms with van der Waals surface area (Å²) >= 11 is 0. The standard InChI is InChI=1S/C20H21N5O3/c1-24-22-16-6-4-14(10-17(16)23-24)25-9-8-18(20(25)26)28-15-5-7-19(21-11-15)27-12-13-2-3-13/h4-7,10-11,13,18H,2-3,8-9,12H2,1H3/t18-/m1/s1. The van der Waals surface area contributed by atoms with Crippen molar-refractivity contribution in [2.45, 2.75) is 25.4 Å².